The SMILES string of the molecule is CC[C@H](C(=N)C(=O)[C@@H](NC(=O)[C@H](C)NC)C1CCCCC1)c1cc(-n2cc(C)c3ccccc32)nc(C)n1. The molecule has 0 spiro atoms. The van der Waals surface area contributed by atoms with Crippen LogP contribution in [0.15, 0.2) is 36.5 Å². The van der Waals surface area contributed by atoms with Crippen molar-refractivity contribution in [3.05, 3.63) is 53.6 Å². The monoisotopic (exact) mass is 516 g/mol. The number of carbonyl (C=O) groups excluding carboxylic acids is 2. The highest BCUT2D eigenvalue weighted by Crippen LogP contribution is 2.30. The van der Waals surface area contributed by atoms with Crippen LogP contribution in [0.3, 0.4) is 0 Å². The highest BCUT2D eigenvalue weighted by atomic mass is 16.2. The zero-order chi connectivity index (χ0) is 27.4. The fourth-order valence-electron chi connectivity index (χ4n) is 5.59. The molecule has 2 aromatic heterocycles. The smallest absolute Gasteiger partial charge is 0.237 e. The third kappa shape index (κ3) is 5.70. The highest BCUT2D eigenvalue weighted by Gasteiger charge is 2.36. The average Bonchev–Trinajstić information content (AvgIpc) is 3.27. The molecule has 4 rings (SSSR count). The summed E-state index contributed by atoms with van der Waals surface area (Å²) in [5.74, 6) is 0.337. The van der Waals surface area contributed by atoms with Crippen LogP contribution in [0, 0.1) is 25.2 Å². The molecule has 1 saturated carbocycles. The number of ketones is 1. The van der Waals surface area contributed by atoms with Gasteiger partial charge in [-0.25, -0.2) is 9.97 Å². The third-order valence-electron chi connectivity index (χ3n) is 7.91. The molecule has 1 fully saturated rings. The first-order valence-electron chi connectivity index (χ1n) is 13.8. The lowest BCUT2D eigenvalue weighted by Crippen LogP contribution is -2.53. The molecule has 0 saturated heterocycles. The summed E-state index contributed by atoms with van der Waals surface area (Å²) < 4.78 is 2.05. The molecule has 8 nitrogen and oxygen atoms in total. The van der Waals surface area contributed by atoms with Gasteiger partial charge in [-0.15, -0.1) is 0 Å². The normalized spacial score (nSPS) is 16.7. The summed E-state index contributed by atoms with van der Waals surface area (Å²) in [5.41, 5.74) is 2.85. The summed E-state index contributed by atoms with van der Waals surface area (Å²) in [7, 11) is 1.72. The minimum Gasteiger partial charge on any atom is -0.344 e. The molecule has 1 aromatic carbocycles. The third-order valence-corrected chi connectivity index (χ3v) is 7.91. The molecule has 2 heterocycles. The van der Waals surface area contributed by atoms with Crippen LogP contribution in [-0.4, -0.2) is 51.1 Å². The second-order valence-corrected chi connectivity index (χ2v) is 10.5. The molecule has 3 atom stereocenters. The van der Waals surface area contributed by atoms with E-state index in [4.69, 9.17) is 10.4 Å². The van der Waals surface area contributed by atoms with Gasteiger partial charge in [-0.05, 0) is 64.6 Å². The standard InChI is InChI=1S/C30H40N6O2/c1-6-22(27(31)29(37)28(21-12-8-7-9-13-21)35-30(38)19(3)32-5)24-16-26(34-20(4)33-24)36-17-18(2)23-14-10-11-15-25(23)36/h10-11,14-17,19,21-22,28,31-32H,6-9,12-13H2,1-5H3,(H,35,38)/t19-,22-,28-/m0/s1. The van der Waals surface area contributed by atoms with Gasteiger partial charge in [-0.1, -0.05) is 44.4 Å². The number of rotatable bonds is 10. The van der Waals surface area contributed by atoms with Crippen molar-refractivity contribution in [1.29, 1.82) is 5.41 Å². The van der Waals surface area contributed by atoms with Crippen LogP contribution in [0.2, 0.25) is 0 Å². The lowest BCUT2D eigenvalue weighted by Gasteiger charge is -2.31. The maximum atomic E-state index is 13.9. The van der Waals surface area contributed by atoms with Crippen LogP contribution >= 0.6 is 0 Å². The van der Waals surface area contributed by atoms with E-state index in [2.05, 4.69) is 40.9 Å². The van der Waals surface area contributed by atoms with Gasteiger partial charge in [0.2, 0.25) is 5.91 Å². The molecule has 202 valence electrons. The van der Waals surface area contributed by atoms with Gasteiger partial charge >= 0.3 is 0 Å². The van der Waals surface area contributed by atoms with Crippen molar-refractivity contribution < 1.29 is 9.59 Å². The molecule has 0 bridgehead atoms. The number of nitrogens with zero attached hydrogens (tertiary/aromatic N) is 3. The second kappa shape index (κ2) is 12.0. The van der Waals surface area contributed by atoms with E-state index in [0.29, 0.717) is 17.9 Å². The van der Waals surface area contributed by atoms with Crippen LogP contribution in [0.25, 0.3) is 16.7 Å². The summed E-state index contributed by atoms with van der Waals surface area (Å²) in [6.07, 6.45) is 7.58. The van der Waals surface area contributed by atoms with E-state index in [1.165, 1.54) is 0 Å². The number of para-hydroxylation sites is 1. The molecule has 8 heteroatoms. The number of aryl methyl sites for hydroxylation is 2. The van der Waals surface area contributed by atoms with Gasteiger partial charge in [0.05, 0.1) is 29.0 Å². The lowest BCUT2D eigenvalue weighted by atomic mass is 9.79. The molecule has 1 aliphatic rings. The number of nitrogens with one attached hydrogen (secondary N) is 3. The van der Waals surface area contributed by atoms with Crippen molar-refractivity contribution in [3.8, 4) is 5.82 Å². The second-order valence-electron chi connectivity index (χ2n) is 10.5. The van der Waals surface area contributed by atoms with Crippen LogP contribution in [-0.2, 0) is 9.59 Å². The number of aromatic nitrogens is 3. The zero-order valence-corrected chi connectivity index (χ0v) is 23.2. The fraction of sp³-hybridized carbons (Fsp3) is 0.500. The van der Waals surface area contributed by atoms with E-state index in [9.17, 15) is 9.59 Å². The highest BCUT2D eigenvalue weighted by molar-refractivity contribution is 6.42. The first-order valence-corrected chi connectivity index (χ1v) is 13.8. The summed E-state index contributed by atoms with van der Waals surface area (Å²) in [5, 5.41) is 16.1. The van der Waals surface area contributed by atoms with Crippen molar-refractivity contribution in [2.24, 2.45) is 5.92 Å². The van der Waals surface area contributed by atoms with Crippen molar-refractivity contribution >= 4 is 28.3 Å². The van der Waals surface area contributed by atoms with E-state index in [1.807, 2.05) is 36.6 Å². The lowest BCUT2D eigenvalue weighted by molar-refractivity contribution is -0.127. The first-order chi connectivity index (χ1) is 18.2. The Morgan fingerprint density at radius 2 is 1.84 bits per heavy atom. The molecular formula is C30H40N6O2. The number of amides is 1. The topological polar surface area (TPSA) is 113 Å². The quantitative estimate of drug-likeness (QED) is 0.335. The first kappa shape index (κ1) is 27.6. The van der Waals surface area contributed by atoms with Crippen molar-refractivity contribution in [3.63, 3.8) is 0 Å². The molecule has 3 N–H and O–H groups in total. The molecule has 3 aromatic rings. The molecule has 0 aliphatic heterocycles. The Labute approximate surface area is 225 Å². The molecule has 1 aliphatic carbocycles. The average molecular weight is 517 g/mol. The molecule has 38 heavy (non-hydrogen) atoms. The van der Waals surface area contributed by atoms with Gasteiger partial charge in [0.25, 0.3) is 0 Å². The number of benzene rings is 1. The van der Waals surface area contributed by atoms with E-state index >= 15 is 0 Å². The molecule has 0 unspecified atom stereocenters. The Morgan fingerprint density at radius 3 is 2.53 bits per heavy atom. The van der Waals surface area contributed by atoms with Crippen molar-refractivity contribution in [2.75, 3.05) is 7.05 Å². The maximum Gasteiger partial charge on any atom is 0.237 e. The van der Waals surface area contributed by atoms with Gasteiger partial charge in [-0.3, -0.25) is 9.59 Å². The van der Waals surface area contributed by atoms with E-state index < -0.39 is 18.0 Å². The molecule has 1 amide bonds. The fourth-order valence-corrected chi connectivity index (χ4v) is 5.59. The zero-order valence-electron chi connectivity index (χ0n) is 23.2. The van der Waals surface area contributed by atoms with Gasteiger partial charge in [-0.2, -0.15) is 0 Å². The number of hydrogen-bond acceptors (Lipinski definition) is 6. The molecule has 0 radical (unpaired) electrons. The van der Waals surface area contributed by atoms with Gasteiger partial charge in [0.1, 0.15) is 11.6 Å². The van der Waals surface area contributed by atoms with E-state index in [0.717, 1.165) is 54.4 Å². The maximum absolute atomic E-state index is 13.9. The van der Waals surface area contributed by atoms with Gasteiger partial charge < -0.3 is 20.6 Å². The summed E-state index contributed by atoms with van der Waals surface area (Å²) in [6.45, 7) is 7.66. The number of Topliss-reactive ketones (excluding diaryl/α,β-unsaturated/α-hetero) is 1. The predicted molar refractivity (Wildman–Crippen MR) is 151 cm³/mol. The minimum absolute atomic E-state index is 0.00178. The Hall–Kier alpha value is -3.39. The Bertz CT molecular complexity index is 1320. The van der Waals surface area contributed by atoms with E-state index in [1.54, 1.807) is 14.0 Å². The summed E-state index contributed by atoms with van der Waals surface area (Å²) in [6, 6.07) is 8.96. The Morgan fingerprint density at radius 1 is 1.13 bits per heavy atom. The van der Waals surface area contributed by atoms with Crippen molar-refractivity contribution in [2.45, 2.75) is 84.2 Å². The van der Waals surface area contributed by atoms with Crippen LogP contribution in [0.4, 0.5) is 0 Å². The number of likely N-dealkylation sites (N-methyl/N-ethyl adjacent to an activating group) is 1. The van der Waals surface area contributed by atoms with Crippen LogP contribution < -0.4 is 10.6 Å². The van der Waals surface area contributed by atoms with Gasteiger partial charge in [0.15, 0.2) is 5.78 Å². The van der Waals surface area contributed by atoms with Crippen LogP contribution in [0.1, 0.15) is 75.4 Å². The van der Waals surface area contributed by atoms with Crippen LogP contribution in [0.5, 0.6) is 0 Å². The van der Waals surface area contributed by atoms with Gasteiger partial charge in [0, 0.05) is 23.6 Å². The number of fused-ring (bicyclic) bond motifs is 1. The number of hydrogen-bond donors (Lipinski definition) is 3. The summed E-state index contributed by atoms with van der Waals surface area (Å²) >= 11 is 0. The largest absolute Gasteiger partial charge is 0.344 e. The predicted octanol–water partition coefficient (Wildman–Crippen LogP) is 4.79. The van der Waals surface area contributed by atoms with E-state index in [-0.39, 0.29) is 23.3 Å². The minimum atomic E-state index is -0.696. The van der Waals surface area contributed by atoms with Crippen molar-refractivity contribution in [1.82, 2.24) is 25.2 Å². The Kier molecular flexibility index (Phi) is 8.72. The molecular weight excluding hydrogens is 476 g/mol. The summed E-state index contributed by atoms with van der Waals surface area (Å²) in [4.78, 5) is 36.0. The Balaban J connectivity index is 1.67. The number of carbonyl (C=O) groups is 2.